The molecule has 182 valence electrons. The lowest BCUT2D eigenvalue weighted by atomic mass is 9.97. The molecular weight excluding hydrogens is 422 g/mol. The van der Waals surface area contributed by atoms with Crippen molar-refractivity contribution >= 4 is 28.7 Å². The van der Waals surface area contributed by atoms with Gasteiger partial charge in [0, 0.05) is 36.0 Å². The highest BCUT2D eigenvalue weighted by Crippen LogP contribution is 2.20. The molecular formula is C25H37N3O5. The summed E-state index contributed by atoms with van der Waals surface area (Å²) >= 11 is 0. The molecule has 3 unspecified atom stereocenters. The van der Waals surface area contributed by atoms with Crippen molar-refractivity contribution < 1.29 is 23.9 Å². The van der Waals surface area contributed by atoms with E-state index in [1.54, 1.807) is 41.5 Å². The van der Waals surface area contributed by atoms with Crippen molar-refractivity contribution in [1.82, 2.24) is 10.3 Å². The summed E-state index contributed by atoms with van der Waals surface area (Å²) in [5.41, 5.74) is 7.40. The van der Waals surface area contributed by atoms with Gasteiger partial charge < -0.3 is 25.5 Å². The molecule has 0 bridgehead atoms. The quantitative estimate of drug-likeness (QED) is 0.469. The first-order chi connectivity index (χ1) is 15.4. The van der Waals surface area contributed by atoms with Gasteiger partial charge in [0.25, 0.3) is 0 Å². The largest absolute Gasteiger partial charge is 0.461 e. The summed E-state index contributed by atoms with van der Waals surface area (Å²) in [5, 5.41) is 3.78. The van der Waals surface area contributed by atoms with Crippen LogP contribution in [0.15, 0.2) is 30.5 Å². The van der Waals surface area contributed by atoms with E-state index in [4.69, 9.17) is 15.2 Å². The van der Waals surface area contributed by atoms with E-state index in [2.05, 4.69) is 10.3 Å². The van der Waals surface area contributed by atoms with Gasteiger partial charge in [-0.15, -0.1) is 0 Å². The van der Waals surface area contributed by atoms with Gasteiger partial charge in [0.05, 0.1) is 12.0 Å². The number of aromatic amines is 1. The van der Waals surface area contributed by atoms with Crippen LogP contribution in [-0.4, -0.2) is 46.6 Å². The summed E-state index contributed by atoms with van der Waals surface area (Å²) in [7, 11) is 0. The van der Waals surface area contributed by atoms with Crippen LogP contribution in [0.25, 0.3) is 10.9 Å². The smallest absolute Gasteiger partial charge is 0.329 e. The Labute approximate surface area is 195 Å². The third-order valence-corrected chi connectivity index (χ3v) is 5.20. The van der Waals surface area contributed by atoms with E-state index in [1.165, 1.54) is 0 Å². The first-order valence-corrected chi connectivity index (χ1v) is 11.4. The van der Waals surface area contributed by atoms with E-state index in [-0.39, 0.29) is 24.9 Å². The second-order valence-electron chi connectivity index (χ2n) is 9.69. The Morgan fingerprint density at radius 1 is 1.09 bits per heavy atom. The molecule has 1 aromatic carbocycles. The van der Waals surface area contributed by atoms with Crippen LogP contribution in [0, 0.1) is 5.92 Å². The predicted octanol–water partition coefficient (Wildman–Crippen LogP) is 3.23. The number of nitrogens with two attached hydrogens (primary N) is 1. The predicted molar refractivity (Wildman–Crippen MR) is 127 cm³/mol. The van der Waals surface area contributed by atoms with E-state index in [0.717, 1.165) is 16.5 Å². The Hall–Kier alpha value is -2.87. The van der Waals surface area contributed by atoms with Gasteiger partial charge in [0.15, 0.2) is 0 Å². The zero-order valence-electron chi connectivity index (χ0n) is 20.4. The molecule has 1 amide bonds. The SMILES string of the molecule is CC(C)OC(=O)C(Cc1c[nH]c2ccccc12)NC(=O)CCC(N)C(C)C(=O)OC(C)(C)C. The Balaban J connectivity index is 2.01. The number of nitrogens with one attached hydrogen (secondary N) is 2. The van der Waals surface area contributed by atoms with Crippen molar-refractivity contribution in [2.24, 2.45) is 11.7 Å². The van der Waals surface area contributed by atoms with Gasteiger partial charge in [0.2, 0.25) is 5.91 Å². The van der Waals surface area contributed by atoms with Crippen molar-refractivity contribution in [3.05, 3.63) is 36.0 Å². The molecule has 0 radical (unpaired) electrons. The molecule has 4 N–H and O–H groups in total. The average Bonchev–Trinajstić information content (AvgIpc) is 3.12. The molecule has 8 heteroatoms. The van der Waals surface area contributed by atoms with E-state index in [0.29, 0.717) is 6.42 Å². The molecule has 33 heavy (non-hydrogen) atoms. The monoisotopic (exact) mass is 459 g/mol. The number of esters is 2. The third kappa shape index (κ3) is 8.20. The van der Waals surface area contributed by atoms with Crippen molar-refractivity contribution in [3.8, 4) is 0 Å². The molecule has 8 nitrogen and oxygen atoms in total. The van der Waals surface area contributed by atoms with Crippen molar-refractivity contribution in [2.45, 2.75) is 84.6 Å². The molecule has 0 saturated carbocycles. The maximum absolute atomic E-state index is 12.7. The van der Waals surface area contributed by atoms with Crippen molar-refractivity contribution in [1.29, 1.82) is 0 Å². The topological polar surface area (TPSA) is 124 Å². The van der Waals surface area contributed by atoms with Gasteiger partial charge in [-0.1, -0.05) is 25.1 Å². The number of para-hydroxylation sites is 1. The number of benzene rings is 1. The Morgan fingerprint density at radius 3 is 2.39 bits per heavy atom. The molecule has 0 aliphatic rings. The fourth-order valence-corrected chi connectivity index (χ4v) is 3.41. The minimum absolute atomic E-state index is 0.0770. The number of aromatic nitrogens is 1. The fourth-order valence-electron chi connectivity index (χ4n) is 3.41. The van der Waals surface area contributed by atoms with Crippen LogP contribution in [0.4, 0.5) is 0 Å². The van der Waals surface area contributed by atoms with Gasteiger partial charge in [-0.25, -0.2) is 4.79 Å². The highest BCUT2D eigenvalue weighted by Gasteiger charge is 2.28. The van der Waals surface area contributed by atoms with Crippen LogP contribution in [0.3, 0.4) is 0 Å². The van der Waals surface area contributed by atoms with Crippen LogP contribution in [0.1, 0.15) is 59.9 Å². The summed E-state index contributed by atoms with van der Waals surface area (Å²) in [6, 6.07) is 6.39. The normalized spacial score (nSPS) is 14.5. The minimum atomic E-state index is -0.835. The standard InChI is InChI=1S/C25H37N3O5/c1-15(2)32-24(31)21(13-17-14-27-20-10-8-7-9-18(17)20)28-22(29)12-11-19(26)16(3)23(30)33-25(4,5)6/h7-10,14-16,19,21,27H,11-13,26H2,1-6H3,(H,28,29). The number of amides is 1. The summed E-state index contributed by atoms with van der Waals surface area (Å²) in [5.74, 6) is -1.76. The second kappa shape index (κ2) is 11.3. The van der Waals surface area contributed by atoms with E-state index >= 15 is 0 Å². The zero-order valence-corrected chi connectivity index (χ0v) is 20.4. The van der Waals surface area contributed by atoms with Crippen LogP contribution in [0.5, 0.6) is 0 Å². The summed E-state index contributed by atoms with van der Waals surface area (Å²) in [4.78, 5) is 40.8. The summed E-state index contributed by atoms with van der Waals surface area (Å²) < 4.78 is 10.7. The van der Waals surface area contributed by atoms with Crippen LogP contribution < -0.4 is 11.1 Å². The number of hydrogen-bond acceptors (Lipinski definition) is 6. The van der Waals surface area contributed by atoms with Gasteiger partial charge >= 0.3 is 11.9 Å². The highest BCUT2D eigenvalue weighted by molar-refractivity contribution is 5.87. The molecule has 0 aliphatic heterocycles. The average molecular weight is 460 g/mol. The molecule has 2 rings (SSSR count). The summed E-state index contributed by atoms with van der Waals surface area (Å²) in [6.45, 7) is 10.6. The Kier molecular flexibility index (Phi) is 9.05. The molecule has 2 aromatic rings. The lowest BCUT2D eigenvalue weighted by molar-refractivity contribution is -0.160. The maximum atomic E-state index is 12.7. The molecule has 1 aromatic heterocycles. The third-order valence-electron chi connectivity index (χ3n) is 5.20. The van der Waals surface area contributed by atoms with Gasteiger partial charge in [-0.05, 0) is 52.7 Å². The minimum Gasteiger partial charge on any atom is -0.461 e. The molecule has 0 fully saturated rings. The van der Waals surface area contributed by atoms with Crippen LogP contribution in [-0.2, 0) is 30.3 Å². The fraction of sp³-hybridized carbons (Fsp3) is 0.560. The second-order valence-corrected chi connectivity index (χ2v) is 9.69. The lowest BCUT2D eigenvalue weighted by Crippen LogP contribution is -2.45. The first kappa shape index (κ1) is 26.4. The molecule has 0 spiro atoms. The molecule has 0 saturated heterocycles. The lowest BCUT2D eigenvalue weighted by Gasteiger charge is -2.25. The van der Waals surface area contributed by atoms with Gasteiger partial charge in [0.1, 0.15) is 11.6 Å². The maximum Gasteiger partial charge on any atom is 0.329 e. The molecule has 1 heterocycles. The number of carbonyl (C=O) groups is 3. The number of rotatable bonds is 10. The van der Waals surface area contributed by atoms with Crippen LogP contribution >= 0.6 is 0 Å². The van der Waals surface area contributed by atoms with Gasteiger partial charge in [-0.2, -0.15) is 0 Å². The molecule has 3 atom stereocenters. The van der Waals surface area contributed by atoms with Gasteiger partial charge in [-0.3, -0.25) is 9.59 Å². The summed E-state index contributed by atoms with van der Waals surface area (Å²) in [6.07, 6.45) is 2.19. The highest BCUT2D eigenvalue weighted by atomic mass is 16.6. The number of fused-ring (bicyclic) bond motifs is 1. The number of H-pyrrole nitrogens is 1. The van der Waals surface area contributed by atoms with Crippen LogP contribution in [0.2, 0.25) is 0 Å². The number of ether oxygens (including phenoxy) is 2. The Bertz CT molecular complexity index is 960. The van der Waals surface area contributed by atoms with Crippen molar-refractivity contribution in [2.75, 3.05) is 0 Å². The van der Waals surface area contributed by atoms with E-state index in [9.17, 15) is 14.4 Å². The number of carbonyl (C=O) groups excluding carboxylic acids is 3. The number of hydrogen-bond donors (Lipinski definition) is 3. The van der Waals surface area contributed by atoms with E-state index in [1.807, 2.05) is 30.5 Å². The zero-order chi connectivity index (χ0) is 24.8. The Morgan fingerprint density at radius 2 is 1.76 bits per heavy atom. The van der Waals surface area contributed by atoms with Crippen molar-refractivity contribution in [3.63, 3.8) is 0 Å². The van der Waals surface area contributed by atoms with E-state index < -0.39 is 35.5 Å². The molecule has 0 aliphatic carbocycles. The first-order valence-electron chi connectivity index (χ1n) is 11.4.